The van der Waals surface area contributed by atoms with Crippen LogP contribution in [0.25, 0.3) is 0 Å². The summed E-state index contributed by atoms with van der Waals surface area (Å²) >= 11 is 0. The third-order valence-electron chi connectivity index (χ3n) is 5.97. The second-order valence-electron chi connectivity index (χ2n) is 7.64. The molecular formula is C22H26N2O2. The molecule has 136 valence electrons. The molecular weight excluding hydrogens is 324 g/mol. The van der Waals surface area contributed by atoms with Crippen molar-refractivity contribution in [2.24, 2.45) is 0 Å². The van der Waals surface area contributed by atoms with Crippen molar-refractivity contribution in [3.05, 3.63) is 69.1 Å². The summed E-state index contributed by atoms with van der Waals surface area (Å²) in [5.74, 6) is -0.223. The van der Waals surface area contributed by atoms with Crippen molar-refractivity contribution in [3.8, 4) is 0 Å². The fourth-order valence-electron chi connectivity index (χ4n) is 4.54. The number of benzene rings is 1. The molecule has 0 saturated heterocycles. The minimum absolute atomic E-state index is 0.0276. The van der Waals surface area contributed by atoms with Crippen molar-refractivity contribution >= 4 is 5.91 Å². The molecule has 0 aliphatic heterocycles. The van der Waals surface area contributed by atoms with Crippen LogP contribution in [0.1, 0.15) is 71.6 Å². The van der Waals surface area contributed by atoms with E-state index < -0.39 is 0 Å². The van der Waals surface area contributed by atoms with Crippen LogP contribution in [0, 0.1) is 6.92 Å². The van der Waals surface area contributed by atoms with Crippen LogP contribution in [0.2, 0.25) is 0 Å². The molecule has 1 heterocycles. The predicted octanol–water partition coefficient (Wildman–Crippen LogP) is 3.75. The average Bonchev–Trinajstić information content (AvgIpc) is 3.08. The molecule has 1 fully saturated rings. The van der Waals surface area contributed by atoms with Crippen molar-refractivity contribution in [1.29, 1.82) is 0 Å². The Bertz CT molecular complexity index is 878. The van der Waals surface area contributed by atoms with Crippen LogP contribution >= 0.6 is 0 Å². The number of aromatic nitrogens is 1. The molecule has 1 N–H and O–H groups in total. The maximum atomic E-state index is 13.0. The lowest BCUT2D eigenvalue weighted by atomic mass is 9.95. The zero-order valence-electron chi connectivity index (χ0n) is 15.3. The highest BCUT2D eigenvalue weighted by Gasteiger charge is 2.27. The number of amides is 1. The quantitative estimate of drug-likeness (QED) is 0.916. The average molecular weight is 350 g/mol. The molecule has 1 saturated carbocycles. The van der Waals surface area contributed by atoms with Crippen LogP contribution in [0.5, 0.6) is 0 Å². The number of hydrogen-bond acceptors (Lipinski definition) is 2. The first kappa shape index (κ1) is 17.1. The van der Waals surface area contributed by atoms with Crippen LogP contribution in [-0.4, -0.2) is 16.5 Å². The van der Waals surface area contributed by atoms with Crippen molar-refractivity contribution in [3.63, 3.8) is 0 Å². The van der Waals surface area contributed by atoms with E-state index >= 15 is 0 Å². The summed E-state index contributed by atoms with van der Waals surface area (Å²) in [7, 11) is 0. The summed E-state index contributed by atoms with van der Waals surface area (Å²) in [6.07, 6.45) is 9.30. The van der Waals surface area contributed by atoms with E-state index in [1.54, 1.807) is 10.6 Å². The predicted molar refractivity (Wildman–Crippen MR) is 103 cm³/mol. The van der Waals surface area contributed by atoms with Gasteiger partial charge in [0.15, 0.2) is 0 Å². The molecule has 4 nitrogen and oxygen atoms in total. The zero-order chi connectivity index (χ0) is 18.1. The van der Waals surface area contributed by atoms with Gasteiger partial charge in [0, 0.05) is 12.2 Å². The van der Waals surface area contributed by atoms with Crippen LogP contribution in [0.15, 0.2) is 41.3 Å². The van der Waals surface area contributed by atoms with Gasteiger partial charge in [-0.1, -0.05) is 37.5 Å². The number of pyridine rings is 1. The van der Waals surface area contributed by atoms with Crippen molar-refractivity contribution < 1.29 is 4.79 Å². The van der Waals surface area contributed by atoms with E-state index in [1.807, 2.05) is 12.3 Å². The second-order valence-corrected chi connectivity index (χ2v) is 7.64. The summed E-state index contributed by atoms with van der Waals surface area (Å²) in [4.78, 5) is 25.7. The van der Waals surface area contributed by atoms with Gasteiger partial charge < -0.3 is 9.88 Å². The molecule has 1 aromatic carbocycles. The topological polar surface area (TPSA) is 51.1 Å². The largest absolute Gasteiger partial charge is 0.349 e. The molecule has 2 aromatic rings. The van der Waals surface area contributed by atoms with Gasteiger partial charge in [-0.25, -0.2) is 0 Å². The van der Waals surface area contributed by atoms with E-state index in [4.69, 9.17) is 0 Å². The highest BCUT2D eigenvalue weighted by Crippen LogP contribution is 2.35. The highest BCUT2D eigenvalue weighted by atomic mass is 16.2. The summed E-state index contributed by atoms with van der Waals surface area (Å²) in [6, 6.07) is 10.0. The van der Waals surface area contributed by atoms with Gasteiger partial charge in [0.1, 0.15) is 5.56 Å². The van der Waals surface area contributed by atoms with Crippen LogP contribution in [0.4, 0.5) is 0 Å². The van der Waals surface area contributed by atoms with Crippen molar-refractivity contribution in [2.75, 3.05) is 0 Å². The van der Waals surface area contributed by atoms with E-state index in [1.165, 1.54) is 23.1 Å². The standard InChI is InChI=1S/C22H26N2O2/c1-15-7-5-10-18-17(15)12-13-20(18)24-14-6-11-19(22(24)26)21(25)23-16-8-3-2-4-9-16/h5-7,10-11,14,16,20H,2-4,8-9,12-13H2,1H3,(H,23,25). The first-order chi connectivity index (χ1) is 12.6. The molecule has 0 spiro atoms. The van der Waals surface area contributed by atoms with Crippen LogP contribution in [-0.2, 0) is 6.42 Å². The van der Waals surface area contributed by atoms with Crippen LogP contribution < -0.4 is 10.9 Å². The Morgan fingerprint density at radius 3 is 2.69 bits per heavy atom. The Labute approximate surface area is 154 Å². The smallest absolute Gasteiger partial charge is 0.263 e. The van der Waals surface area contributed by atoms with Gasteiger partial charge in [-0.15, -0.1) is 0 Å². The lowest BCUT2D eigenvalue weighted by Gasteiger charge is -2.23. The molecule has 4 rings (SSSR count). The minimum atomic E-state index is -0.223. The summed E-state index contributed by atoms with van der Waals surface area (Å²) in [5.41, 5.74) is 3.93. The first-order valence-corrected chi connectivity index (χ1v) is 9.75. The van der Waals surface area contributed by atoms with E-state index in [0.29, 0.717) is 0 Å². The number of nitrogens with one attached hydrogen (secondary N) is 1. The second kappa shape index (κ2) is 7.10. The Kier molecular flexibility index (Phi) is 4.66. The lowest BCUT2D eigenvalue weighted by molar-refractivity contribution is 0.0925. The third kappa shape index (κ3) is 3.09. The maximum absolute atomic E-state index is 13.0. The van der Waals surface area contributed by atoms with E-state index in [-0.39, 0.29) is 29.1 Å². The van der Waals surface area contributed by atoms with E-state index in [2.05, 4.69) is 30.4 Å². The van der Waals surface area contributed by atoms with Gasteiger partial charge in [0.2, 0.25) is 0 Å². The Morgan fingerprint density at radius 1 is 1.08 bits per heavy atom. The molecule has 1 aromatic heterocycles. The minimum Gasteiger partial charge on any atom is -0.349 e. The summed E-state index contributed by atoms with van der Waals surface area (Å²) < 4.78 is 1.75. The highest BCUT2D eigenvalue weighted by molar-refractivity contribution is 5.94. The summed E-state index contributed by atoms with van der Waals surface area (Å²) in [5, 5.41) is 3.07. The number of rotatable bonds is 3. The molecule has 4 heteroatoms. The molecule has 1 atom stereocenters. The Morgan fingerprint density at radius 2 is 1.88 bits per heavy atom. The monoisotopic (exact) mass is 350 g/mol. The summed E-state index contributed by atoms with van der Waals surface area (Å²) in [6.45, 7) is 2.12. The number of aryl methyl sites for hydroxylation is 1. The maximum Gasteiger partial charge on any atom is 0.263 e. The normalized spacial score (nSPS) is 20.0. The fraction of sp³-hybridized carbons (Fsp3) is 0.455. The van der Waals surface area contributed by atoms with Gasteiger partial charge in [-0.2, -0.15) is 0 Å². The van der Waals surface area contributed by atoms with Gasteiger partial charge in [-0.05, 0) is 61.4 Å². The fourth-order valence-corrected chi connectivity index (χ4v) is 4.54. The van der Waals surface area contributed by atoms with Crippen molar-refractivity contribution in [2.45, 2.75) is 64.0 Å². The number of carbonyl (C=O) groups is 1. The Balaban J connectivity index is 1.62. The number of carbonyl (C=O) groups excluding carboxylic acids is 1. The molecule has 2 aliphatic rings. The molecule has 1 unspecified atom stereocenters. The molecule has 2 aliphatic carbocycles. The molecule has 1 amide bonds. The SMILES string of the molecule is Cc1cccc2c1CCC2n1cccc(C(=O)NC2CCCCC2)c1=O. The number of nitrogens with zero attached hydrogens (tertiary/aromatic N) is 1. The van der Waals surface area contributed by atoms with Gasteiger partial charge >= 0.3 is 0 Å². The lowest BCUT2D eigenvalue weighted by Crippen LogP contribution is -2.40. The van der Waals surface area contributed by atoms with Gasteiger partial charge in [0.25, 0.3) is 11.5 Å². The first-order valence-electron chi connectivity index (χ1n) is 9.75. The Hall–Kier alpha value is -2.36. The third-order valence-corrected chi connectivity index (χ3v) is 5.97. The van der Waals surface area contributed by atoms with Crippen LogP contribution in [0.3, 0.4) is 0 Å². The number of fused-ring (bicyclic) bond motifs is 1. The molecule has 0 radical (unpaired) electrons. The van der Waals surface area contributed by atoms with Gasteiger partial charge in [-0.3, -0.25) is 9.59 Å². The van der Waals surface area contributed by atoms with Gasteiger partial charge in [0.05, 0.1) is 6.04 Å². The zero-order valence-corrected chi connectivity index (χ0v) is 15.3. The van der Waals surface area contributed by atoms with Crippen molar-refractivity contribution in [1.82, 2.24) is 9.88 Å². The van der Waals surface area contributed by atoms with E-state index in [9.17, 15) is 9.59 Å². The van der Waals surface area contributed by atoms with E-state index in [0.717, 1.165) is 38.5 Å². The molecule has 0 bridgehead atoms. The molecule has 26 heavy (non-hydrogen) atoms. The number of hydrogen-bond donors (Lipinski definition) is 1.